The number of unbranched alkanes of at least 4 members (excludes halogenated alkanes) is 1. The number of cyclic esters (lactones) is 1. The highest BCUT2D eigenvalue weighted by Crippen LogP contribution is 2.05. The molecule has 6 nitrogen and oxygen atoms in total. The topological polar surface area (TPSA) is 84.7 Å². The van der Waals surface area contributed by atoms with Crippen LogP contribution < -0.4 is 11.3 Å². The van der Waals surface area contributed by atoms with E-state index in [0.29, 0.717) is 26.1 Å². The second-order valence-electron chi connectivity index (χ2n) is 3.13. The highest BCUT2D eigenvalue weighted by Gasteiger charge is 2.20. The highest BCUT2D eigenvalue weighted by molar-refractivity contribution is 5.75. The van der Waals surface area contributed by atoms with Crippen LogP contribution >= 0.6 is 0 Å². The van der Waals surface area contributed by atoms with Gasteiger partial charge in [-0.05, 0) is 12.8 Å². The Balaban J connectivity index is 2.03. The van der Waals surface area contributed by atoms with Crippen molar-refractivity contribution < 1.29 is 14.3 Å². The number of nitrogens with one attached hydrogen (secondary N) is 1. The van der Waals surface area contributed by atoms with Crippen molar-refractivity contribution in [1.82, 2.24) is 10.3 Å². The number of hydrogen-bond donors (Lipinski definition) is 2. The lowest BCUT2D eigenvalue weighted by Crippen LogP contribution is -2.30. The predicted octanol–water partition coefficient (Wildman–Crippen LogP) is -0.401. The average Bonchev–Trinajstić information content (AvgIpc) is 2.58. The Hall–Kier alpha value is -1.30. The molecule has 0 spiro atoms. The first kappa shape index (κ1) is 10.8. The summed E-state index contributed by atoms with van der Waals surface area (Å²) < 4.78 is 4.75. The van der Waals surface area contributed by atoms with Gasteiger partial charge in [0.1, 0.15) is 6.61 Å². The van der Waals surface area contributed by atoms with Crippen LogP contribution in [-0.4, -0.2) is 36.6 Å². The van der Waals surface area contributed by atoms with E-state index >= 15 is 0 Å². The first-order valence-electron chi connectivity index (χ1n) is 4.65. The van der Waals surface area contributed by atoms with E-state index in [9.17, 15) is 9.59 Å². The van der Waals surface area contributed by atoms with Crippen molar-refractivity contribution in [2.75, 3.05) is 19.7 Å². The molecule has 1 heterocycles. The second-order valence-corrected chi connectivity index (χ2v) is 3.13. The van der Waals surface area contributed by atoms with Gasteiger partial charge in [-0.3, -0.25) is 10.2 Å². The minimum absolute atomic E-state index is 0.172. The van der Waals surface area contributed by atoms with E-state index < -0.39 is 0 Å². The molecular weight excluding hydrogens is 186 g/mol. The third-order valence-electron chi connectivity index (χ3n) is 2.09. The Bertz CT molecular complexity index is 220. The van der Waals surface area contributed by atoms with Crippen LogP contribution in [0.3, 0.4) is 0 Å². The van der Waals surface area contributed by atoms with Gasteiger partial charge in [0.25, 0.3) is 0 Å². The van der Waals surface area contributed by atoms with Gasteiger partial charge in [0, 0.05) is 13.0 Å². The summed E-state index contributed by atoms with van der Waals surface area (Å²) >= 11 is 0. The molecule has 0 aromatic heterocycles. The van der Waals surface area contributed by atoms with Gasteiger partial charge in [0.2, 0.25) is 5.91 Å². The maximum atomic E-state index is 11.0. The van der Waals surface area contributed by atoms with Gasteiger partial charge in [-0.15, -0.1) is 0 Å². The number of nitrogens with two attached hydrogens (primary N) is 1. The first-order valence-corrected chi connectivity index (χ1v) is 4.65. The summed E-state index contributed by atoms with van der Waals surface area (Å²) in [7, 11) is 0. The van der Waals surface area contributed by atoms with E-state index in [2.05, 4.69) is 5.43 Å². The van der Waals surface area contributed by atoms with E-state index in [4.69, 9.17) is 10.6 Å². The predicted molar refractivity (Wildman–Crippen MR) is 49.1 cm³/mol. The first-order chi connectivity index (χ1) is 6.74. The molecule has 0 aliphatic carbocycles. The van der Waals surface area contributed by atoms with Crippen molar-refractivity contribution in [2.24, 2.45) is 5.84 Å². The molecule has 80 valence electrons. The lowest BCUT2D eigenvalue weighted by molar-refractivity contribution is -0.121. The molecule has 14 heavy (non-hydrogen) atoms. The molecule has 1 saturated heterocycles. The quantitative estimate of drug-likeness (QED) is 0.274. The molecule has 0 atom stereocenters. The second kappa shape index (κ2) is 5.43. The fourth-order valence-corrected chi connectivity index (χ4v) is 1.29. The Labute approximate surface area is 82.3 Å². The normalized spacial score (nSPS) is 15.5. The molecule has 3 N–H and O–H groups in total. The molecular formula is C8H15N3O3. The number of nitrogens with zero attached hydrogens (tertiary/aromatic N) is 1. The van der Waals surface area contributed by atoms with Gasteiger partial charge in [-0.25, -0.2) is 10.6 Å². The summed E-state index contributed by atoms with van der Waals surface area (Å²) in [6, 6.07) is 0. The average molecular weight is 201 g/mol. The van der Waals surface area contributed by atoms with Gasteiger partial charge in [0.05, 0.1) is 6.54 Å². The van der Waals surface area contributed by atoms with Gasteiger partial charge in [-0.2, -0.15) is 0 Å². The Morgan fingerprint density at radius 2 is 2.36 bits per heavy atom. The van der Waals surface area contributed by atoms with Gasteiger partial charge >= 0.3 is 6.09 Å². The summed E-state index contributed by atoms with van der Waals surface area (Å²) in [4.78, 5) is 23.3. The number of amides is 2. The van der Waals surface area contributed by atoms with Gasteiger partial charge in [0.15, 0.2) is 0 Å². The zero-order valence-corrected chi connectivity index (χ0v) is 7.99. The van der Waals surface area contributed by atoms with Crippen LogP contribution in [-0.2, 0) is 9.53 Å². The number of hydrogen-bond acceptors (Lipinski definition) is 4. The summed E-state index contributed by atoms with van der Waals surface area (Å²) in [5.41, 5.74) is 2.06. The number of hydrazine groups is 1. The van der Waals surface area contributed by atoms with Crippen LogP contribution in [0.2, 0.25) is 0 Å². The Morgan fingerprint density at radius 3 is 2.93 bits per heavy atom. The molecule has 1 fully saturated rings. The van der Waals surface area contributed by atoms with E-state index in [1.807, 2.05) is 0 Å². The zero-order chi connectivity index (χ0) is 10.4. The smallest absolute Gasteiger partial charge is 0.409 e. The molecule has 2 amide bonds. The molecule has 6 heteroatoms. The number of carbonyl (C=O) groups excluding carboxylic acids is 2. The third-order valence-corrected chi connectivity index (χ3v) is 2.09. The molecule has 0 aromatic rings. The van der Waals surface area contributed by atoms with E-state index in [1.165, 1.54) is 0 Å². The van der Waals surface area contributed by atoms with Crippen LogP contribution in [0.5, 0.6) is 0 Å². The Kier molecular flexibility index (Phi) is 4.18. The lowest BCUT2D eigenvalue weighted by atomic mass is 10.2. The standard InChI is InChI=1S/C8H15N3O3/c9-10-7(12)3-1-2-4-11-5-6-14-8(11)13/h1-6,9H2,(H,10,12). The lowest BCUT2D eigenvalue weighted by Gasteiger charge is -2.11. The van der Waals surface area contributed by atoms with Crippen LogP contribution in [0.1, 0.15) is 19.3 Å². The zero-order valence-electron chi connectivity index (χ0n) is 7.99. The molecule has 1 aliphatic rings. The van der Waals surface area contributed by atoms with Crippen molar-refractivity contribution in [3.63, 3.8) is 0 Å². The van der Waals surface area contributed by atoms with Crippen molar-refractivity contribution in [1.29, 1.82) is 0 Å². The fourth-order valence-electron chi connectivity index (χ4n) is 1.29. The molecule has 0 bridgehead atoms. The number of carbonyl (C=O) groups is 2. The van der Waals surface area contributed by atoms with Crippen LogP contribution in [0.4, 0.5) is 4.79 Å². The molecule has 1 aliphatic heterocycles. The van der Waals surface area contributed by atoms with E-state index in [1.54, 1.807) is 4.90 Å². The van der Waals surface area contributed by atoms with Gasteiger partial charge < -0.3 is 9.64 Å². The molecule has 0 aromatic carbocycles. The highest BCUT2D eigenvalue weighted by atomic mass is 16.6. The molecule has 1 rings (SSSR count). The largest absolute Gasteiger partial charge is 0.448 e. The molecule has 0 unspecified atom stereocenters. The number of rotatable bonds is 5. The van der Waals surface area contributed by atoms with Crippen molar-refractivity contribution >= 4 is 12.0 Å². The summed E-state index contributed by atoms with van der Waals surface area (Å²) in [6.45, 7) is 1.78. The minimum Gasteiger partial charge on any atom is -0.448 e. The van der Waals surface area contributed by atoms with Gasteiger partial charge in [-0.1, -0.05) is 0 Å². The molecule has 0 saturated carbocycles. The van der Waals surface area contributed by atoms with E-state index in [0.717, 1.165) is 12.8 Å². The summed E-state index contributed by atoms with van der Waals surface area (Å²) in [5.74, 6) is 4.74. The molecule has 0 radical (unpaired) electrons. The van der Waals surface area contributed by atoms with Crippen LogP contribution in [0.25, 0.3) is 0 Å². The third kappa shape index (κ3) is 3.21. The summed E-state index contributed by atoms with van der Waals surface area (Å²) in [5, 5.41) is 0. The van der Waals surface area contributed by atoms with Crippen LogP contribution in [0, 0.1) is 0 Å². The fraction of sp³-hybridized carbons (Fsp3) is 0.750. The van der Waals surface area contributed by atoms with Crippen molar-refractivity contribution in [3.05, 3.63) is 0 Å². The van der Waals surface area contributed by atoms with Crippen LogP contribution in [0.15, 0.2) is 0 Å². The Morgan fingerprint density at radius 1 is 1.57 bits per heavy atom. The maximum Gasteiger partial charge on any atom is 0.409 e. The SMILES string of the molecule is NNC(=O)CCCCN1CCOC1=O. The van der Waals surface area contributed by atoms with E-state index in [-0.39, 0.29) is 12.0 Å². The number of ether oxygens (including phenoxy) is 1. The minimum atomic E-state index is -0.256. The van der Waals surface area contributed by atoms with Crippen molar-refractivity contribution in [3.8, 4) is 0 Å². The monoisotopic (exact) mass is 201 g/mol. The van der Waals surface area contributed by atoms with Crippen molar-refractivity contribution in [2.45, 2.75) is 19.3 Å². The summed E-state index contributed by atoms with van der Waals surface area (Å²) in [6.07, 6.45) is 1.67. The maximum absolute atomic E-state index is 11.0.